The van der Waals surface area contributed by atoms with E-state index in [1.165, 1.54) is 12.8 Å². The third-order valence-electron chi connectivity index (χ3n) is 4.57. The van der Waals surface area contributed by atoms with E-state index in [1.807, 2.05) is 18.7 Å². The molecule has 0 bridgehead atoms. The van der Waals surface area contributed by atoms with Crippen molar-refractivity contribution in [3.63, 3.8) is 0 Å². The van der Waals surface area contributed by atoms with Crippen molar-refractivity contribution in [1.82, 2.24) is 10.2 Å². The summed E-state index contributed by atoms with van der Waals surface area (Å²) in [6.45, 7) is 7.55. The molecule has 4 heteroatoms. The summed E-state index contributed by atoms with van der Waals surface area (Å²) in [5.41, 5.74) is -0.366. The van der Waals surface area contributed by atoms with Gasteiger partial charge in [0.2, 0.25) is 11.8 Å². The predicted molar refractivity (Wildman–Crippen MR) is 70.0 cm³/mol. The maximum Gasteiger partial charge on any atom is 0.248 e. The Kier molecular flexibility index (Phi) is 3.39. The van der Waals surface area contributed by atoms with Crippen LogP contribution in [0.15, 0.2) is 0 Å². The van der Waals surface area contributed by atoms with Crippen LogP contribution in [0.25, 0.3) is 0 Å². The van der Waals surface area contributed by atoms with Gasteiger partial charge in [-0.1, -0.05) is 20.8 Å². The normalized spacial score (nSPS) is 25.6. The highest BCUT2D eigenvalue weighted by atomic mass is 16.2. The van der Waals surface area contributed by atoms with Gasteiger partial charge in [-0.25, -0.2) is 0 Å². The van der Waals surface area contributed by atoms with E-state index >= 15 is 0 Å². The molecule has 2 aliphatic rings. The first-order chi connectivity index (χ1) is 8.45. The zero-order chi connectivity index (χ0) is 13.4. The SMILES string of the molecule is CCC1(CC)NC(=O)CCN(CC2(C)CC2)C1=O. The first-order valence-corrected chi connectivity index (χ1v) is 7.05. The molecule has 1 saturated carbocycles. The Morgan fingerprint density at radius 3 is 2.33 bits per heavy atom. The maximum atomic E-state index is 12.7. The molecule has 1 aliphatic heterocycles. The molecule has 0 aromatic carbocycles. The molecule has 1 aliphatic carbocycles. The Bertz CT molecular complexity index is 357. The van der Waals surface area contributed by atoms with Gasteiger partial charge in [-0.3, -0.25) is 9.59 Å². The van der Waals surface area contributed by atoms with E-state index in [4.69, 9.17) is 0 Å². The second-order valence-corrected chi connectivity index (χ2v) is 6.12. The molecule has 1 N–H and O–H groups in total. The fourth-order valence-electron chi connectivity index (χ4n) is 2.74. The van der Waals surface area contributed by atoms with Gasteiger partial charge in [-0.15, -0.1) is 0 Å². The van der Waals surface area contributed by atoms with Crippen LogP contribution in [-0.2, 0) is 9.59 Å². The molecule has 0 aromatic heterocycles. The van der Waals surface area contributed by atoms with Crippen molar-refractivity contribution >= 4 is 11.8 Å². The van der Waals surface area contributed by atoms with E-state index in [0.717, 1.165) is 6.54 Å². The van der Waals surface area contributed by atoms with Crippen molar-refractivity contribution < 1.29 is 9.59 Å². The quantitative estimate of drug-likeness (QED) is 0.828. The Labute approximate surface area is 109 Å². The van der Waals surface area contributed by atoms with Crippen molar-refractivity contribution in [3.8, 4) is 0 Å². The van der Waals surface area contributed by atoms with Gasteiger partial charge in [0, 0.05) is 19.5 Å². The Morgan fingerprint density at radius 2 is 1.83 bits per heavy atom. The Hall–Kier alpha value is -1.06. The second-order valence-electron chi connectivity index (χ2n) is 6.12. The average Bonchev–Trinajstić information content (AvgIpc) is 3.09. The summed E-state index contributed by atoms with van der Waals surface area (Å²) in [4.78, 5) is 26.4. The Morgan fingerprint density at radius 1 is 1.22 bits per heavy atom. The highest BCUT2D eigenvalue weighted by molar-refractivity contribution is 5.93. The minimum absolute atomic E-state index is 0.00972. The summed E-state index contributed by atoms with van der Waals surface area (Å²) in [6.07, 6.45) is 4.17. The zero-order valence-corrected chi connectivity index (χ0v) is 11.7. The third kappa shape index (κ3) is 2.38. The molecular formula is C14H24N2O2. The first kappa shape index (κ1) is 13.4. The summed E-state index contributed by atoms with van der Waals surface area (Å²) in [5.74, 6) is 0.127. The Balaban J connectivity index is 2.19. The number of rotatable bonds is 4. The summed E-state index contributed by atoms with van der Waals surface area (Å²) >= 11 is 0. The smallest absolute Gasteiger partial charge is 0.248 e. The number of hydrogen-bond acceptors (Lipinski definition) is 2. The summed E-state index contributed by atoms with van der Waals surface area (Å²) in [6, 6.07) is 0. The lowest BCUT2D eigenvalue weighted by atomic mass is 9.91. The van der Waals surface area contributed by atoms with Gasteiger partial charge in [0.25, 0.3) is 0 Å². The number of amides is 2. The predicted octanol–water partition coefficient (Wildman–Crippen LogP) is 1.69. The van der Waals surface area contributed by atoms with E-state index in [9.17, 15) is 9.59 Å². The summed E-state index contributed by atoms with van der Waals surface area (Å²) in [5, 5.41) is 2.95. The third-order valence-corrected chi connectivity index (χ3v) is 4.57. The highest BCUT2D eigenvalue weighted by Gasteiger charge is 2.46. The van der Waals surface area contributed by atoms with Gasteiger partial charge in [-0.05, 0) is 31.1 Å². The number of hydrogen-bond donors (Lipinski definition) is 1. The lowest BCUT2D eigenvalue weighted by Crippen LogP contribution is -2.57. The van der Waals surface area contributed by atoms with Crippen molar-refractivity contribution in [2.45, 2.75) is 58.4 Å². The lowest BCUT2D eigenvalue weighted by Gasteiger charge is -2.34. The second kappa shape index (κ2) is 4.56. The van der Waals surface area contributed by atoms with E-state index in [0.29, 0.717) is 31.2 Å². The first-order valence-electron chi connectivity index (χ1n) is 7.05. The fraction of sp³-hybridized carbons (Fsp3) is 0.857. The van der Waals surface area contributed by atoms with Crippen LogP contribution in [0, 0.1) is 5.41 Å². The fourth-order valence-corrected chi connectivity index (χ4v) is 2.74. The van der Waals surface area contributed by atoms with Crippen LogP contribution < -0.4 is 5.32 Å². The van der Waals surface area contributed by atoms with E-state index < -0.39 is 5.54 Å². The number of carbonyl (C=O) groups is 2. The highest BCUT2D eigenvalue weighted by Crippen LogP contribution is 2.46. The van der Waals surface area contributed by atoms with Crippen molar-refractivity contribution in [2.24, 2.45) is 5.41 Å². The monoisotopic (exact) mass is 252 g/mol. The number of nitrogens with zero attached hydrogens (tertiary/aromatic N) is 1. The minimum atomic E-state index is -0.668. The van der Waals surface area contributed by atoms with E-state index in [-0.39, 0.29) is 11.8 Å². The van der Waals surface area contributed by atoms with Crippen LogP contribution in [0.2, 0.25) is 0 Å². The molecule has 0 unspecified atom stereocenters. The molecule has 1 heterocycles. The van der Waals surface area contributed by atoms with Gasteiger partial charge in [0.1, 0.15) is 5.54 Å². The van der Waals surface area contributed by atoms with Crippen molar-refractivity contribution in [3.05, 3.63) is 0 Å². The molecule has 18 heavy (non-hydrogen) atoms. The largest absolute Gasteiger partial charge is 0.342 e. The molecule has 0 radical (unpaired) electrons. The lowest BCUT2D eigenvalue weighted by molar-refractivity contribution is -0.139. The van der Waals surface area contributed by atoms with Gasteiger partial charge < -0.3 is 10.2 Å². The molecule has 0 aromatic rings. The number of carbonyl (C=O) groups excluding carboxylic acids is 2. The molecule has 2 fully saturated rings. The topological polar surface area (TPSA) is 49.4 Å². The van der Waals surface area contributed by atoms with Crippen LogP contribution in [0.4, 0.5) is 0 Å². The van der Waals surface area contributed by atoms with Crippen LogP contribution in [0.1, 0.15) is 52.9 Å². The van der Waals surface area contributed by atoms with Gasteiger partial charge in [0.05, 0.1) is 0 Å². The van der Waals surface area contributed by atoms with Crippen LogP contribution in [-0.4, -0.2) is 35.3 Å². The minimum Gasteiger partial charge on any atom is -0.342 e. The van der Waals surface area contributed by atoms with Crippen LogP contribution in [0.3, 0.4) is 0 Å². The van der Waals surface area contributed by atoms with Crippen molar-refractivity contribution in [1.29, 1.82) is 0 Å². The maximum absolute atomic E-state index is 12.7. The molecule has 2 amide bonds. The van der Waals surface area contributed by atoms with Gasteiger partial charge >= 0.3 is 0 Å². The molecule has 1 saturated heterocycles. The summed E-state index contributed by atoms with van der Waals surface area (Å²) < 4.78 is 0. The molecule has 2 rings (SSSR count). The standard InChI is InChI=1S/C14H24N2O2/c1-4-14(5-2)12(18)16(9-6-11(17)15-14)10-13(3)7-8-13/h4-10H2,1-3H3,(H,15,17). The van der Waals surface area contributed by atoms with Crippen LogP contribution in [0.5, 0.6) is 0 Å². The van der Waals surface area contributed by atoms with Gasteiger partial charge in [0.15, 0.2) is 0 Å². The van der Waals surface area contributed by atoms with Crippen LogP contribution >= 0.6 is 0 Å². The van der Waals surface area contributed by atoms with Crippen molar-refractivity contribution in [2.75, 3.05) is 13.1 Å². The molecule has 0 spiro atoms. The van der Waals surface area contributed by atoms with E-state index in [1.54, 1.807) is 0 Å². The van der Waals surface area contributed by atoms with E-state index in [2.05, 4.69) is 12.2 Å². The molecule has 4 nitrogen and oxygen atoms in total. The number of nitrogens with one attached hydrogen (secondary N) is 1. The zero-order valence-electron chi connectivity index (χ0n) is 11.7. The molecule has 102 valence electrons. The average molecular weight is 252 g/mol. The summed E-state index contributed by atoms with van der Waals surface area (Å²) in [7, 11) is 0. The molecule has 0 atom stereocenters. The molecular weight excluding hydrogens is 228 g/mol. The van der Waals surface area contributed by atoms with Gasteiger partial charge in [-0.2, -0.15) is 0 Å².